The van der Waals surface area contributed by atoms with E-state index in [9.17, 15) is 13.2 Å². The van der Waals surface area contributed by atoms with Crippen molar-refractivity contribution in [3.63, 3.8) is 0 Å². The van der Waals surface area contributed by atoms with E-state index in [1.165, 1.54) is 10.4 Å². The molecule has 25 heavy (non-hydrogen) atoms. The number of carbonyl (C=O) groups excluding carboxylic acids is 1. The van der Waals surface area contributed by atoms with Gasteiger partial charge in [0.1, 0.15) is 9.77 Å². The number of rotatable bonds is 4. The summed E-state index contributed by atoms with van der Waals surface area (Å²) in [6.07, 6.45) is 2.70. The Bertz CT molecular complexity index is 891. The second kappa shape index (κ2) is 7.63. The van der Waals surface area contributed by atoms with Gasteiger partial charge in [-0.05, 0) is 36.4 Å². The van der Waals surface area contributed by atoms with E-state index in [0.29, 0.717) is 23.8 Å². The van der Waals surface area contributed by atoms with Crippen LogP contribution in [0.25, 0.3) is 0 Å². The van der Waals surface area contributed by atoms with Gasteiger partial charge in [-0.25, -0.2) is 8.42 Å². The maximum atomic E-state index is 12.9. The van der Waals surface area contributed by atoms with Crippen molar-refractivity contribution in [1.82, 2.24) is 4.31 Å². The number of nitrogens with one attached hydrogen (secondary N) is 1. The first-order valence-electron chi connectivity index (χ1n) is 7.74. The molecule has 1 aliphatic rings. The third-order valence-electron chi connectivity index (χ3n) is 3.97. The first kappa shape index (κ1) is 18.7. The fraction of sp³-hybridized carbons (Fsp3) is 0.312. The molecule has 9 heteroatoms. The number of carbonyl (C=O) groups is 1. The number of hydrogen-bond acceptors (Lipinski definition) is 4. The molecule has 134 valence electrons. The fourth-order valence-electron chi connectivity index (χ4n) is 2.69. The van der Waals surface area contributed by atoms with E-state index in [-0.39, 0.29) is 14.8 Å². The SMILES string of the molecule is O=C(Nc1cccc(Cl)c1Cl)c1sccc1S(=O)(=O)N1CCCCC1. The molecule has 0 radical (unpaired) electrons. The molecule has 0 saturated carbocycles. The van der Waals surface area contributed by atoms with Crippen LogP contribution in [0.5, 0.6) is 0 Å². The predicted octanol–water partition coefficient (Wildman–Crippen LogP) is 4.48. The number of piperidine rings is 1. The highest BCUT2D eigenvalue weighted by atomic mass is 35.5. The lowest BCUT2D eigenvalue weighted by atomic mass is 10.2. The lowest BCUT2D eigenvalue weighted by Gasteiger charge is -2.25. The van der Waals surface area contributed by atoms with E-state index in [4.69, 9.17) is 23.2 Å². The molecule has 1 amide bonds. The van der Waals surface area contributed by atoms with E-state index in [0.717, 1.165) is 30.6 Å². The standard InChI is InChI=1S/C16H16Cl2N2O3S2/c17-11-5-4-6-12(14(11)18)19-16(21)15-13(7-10-24-15)25(22,23)20-8-2-1-3-9-20/h4-7,10H,1-3,8-9H2,(H,19,21). The van der Waals surface area contributed by atoms with Crippen LogP contribution in [0, 0.1) is 0 Å². The monoisotopic (exact) mass is 418 g/mol. The van der Waals surface area contributed by atoms with Gasteiger partial charge in [-0.3, -0.25) is 4.79 Å². The minimum atomic E-state index is -3.68. The van der Waals surface area contributed by atoms with Gasteiger partial charge < -0.3 is 5.32 Å². The van der Waals surface area contributed by atoms with E-state index in [2.05, 4.69) is 5.32 Å². The maximum Gasteiger partial charge on any atom is 0.267 e. The predicted molar refractivity (Wildman–Crippen MR) is 101 cm³/mol. The summed E-state index contributed by atoms with van der Waals surface area (Å²) in [4.78, 5) is 12.8. The smallest absolute Gasteiger partial charge is 0.267 e. The highest BCUT2D eigenvalue weighted by Gasteiger charge is 2.31. The molecule has 0 spiro atoms. The van der Waals surface area contributed by atoms with Crippen LogP contribution in [-0.4, -0.2) is 31.7 Å². The summed E-state index contributed by atoms with van der Waals surface area (Å²) < 4.78 is 27.2. The first-order chi connectivity index (χ1) is 11.9. The average molecular weight is 419 g/mol. The van der Waals surface area contributed by atoms with Crippen LogP contribution in [-0.2, 0) is 10.0 Å². The van der Waals surface area contributed by atoms with Crippen LogP contribution < -0.4 is 5.32 Å². The quantitative estimate of drug-likeness (QED) is 0.795. The molecule has 5 nitrogen and oxygen atoms in total. The summed E-state index contributed by atoms with van der Waals surface area (Å²) in [5.74, 6) is -0.519. The number of sulfonamides is 1. The van der Waals surface area contributed by atoms with Gasteiger partial charge in [0.05, 0.1) is 15.7 Å². The van der Waals surface area contributed by atoms with Gasteiger partial charge in [0.25, 0.3) is 5.91 Å². The lowest BCUT2D eigenvalue weighted by Crippen LogP contribution is -2.36. The number of amides is 1. The van der Waals surface area contributed by atoms with Crippen molar-refractivity contribution in [1.29, 1.82) is 0 Å². The Morgan fingerprint density at radius 1 is 1.12 bits per heavy atom. The molecule has 2 heterocycles. The Labute approximate surface area is 160 Å². The van der Waals surface area contributed by atoms with Crippen molar-refractivity contribution in [2.45, 2.75) is 24.2 Å². The van der Waals surface area contributed by atoms with E-state index in [1.54, 1.807) is 23.6 Å². The third kappa shape index (κ3) is 3.85. The van der Waals surface area contributed by atoms with E-state index >= 15 is 0 Å². The van der Waals surface area contributed by atoms with Gasteiger partial charge in [-0.1, -0.05) is 35.7 Å². The highest BCUT2D eigenvalue weighted by molar-refractivity contribution is 7.89. The van der Waals surface area contributed by atoms with Gasteiger partial charge in [0.2, 0.25) is 10.0 Å². The van der Waals surface area contributed by atoms with Crippen LogP contribution in [0.2, 0.25) is 10.0 Å². The van der Waals surface area contributed by atoms with Crippen molar-refractivity contribution in [3.05, 3.63) is 44.6 Å². The fourth-order valence-corrected chi connectivity index (χ4v) is 5.85. The molecule has 1 fully saturated rings. The topological polar surface area (TPSA) is 66.5 Å². The van der Waals surface area contributed by atoms with E-state index < -0.39 is 15.9 Å². The van der Waals surface area contributed by atoms with Gasteiger partial charge in [-0.15, -0.1) is 11.3 Å². The Kier molecular flexibility index (Phi) is 5.70. The molecule has 1 aromatic heterocycles. The van der Waals surface area contributed by atoms with Crippen LogP contribution in [0.15, 0.2) is 34.5 Å². The number of halogens is 2. The van der Waals surface area contributed by atoms with E-state index in [1.807, 2.05) is 0 Å². The summed E-state index contributed by atoms with van der Waals surface area (Å²) in [5.41, 5.74) is 0.342. The summed E-state index contributed by atoms with van der Waals surface area (Å²) in [6.45, 7) is 0.971. The Morgan fingerprint density at radius 3 is 2.56 bits per heavy atom. The number of nitrogens with zero attached hydrogens (tertiary/aromatic N) is 1. The molecule has 0 bridgehead atoms. The Morgan fingerprint density at radius 2 is 1.84 bits per heavy atom. The summed E-state index contributed by atoms with van der Waals surface area (Å²) in [6, 6.07) is 6.35. The summed E-state index contributed by atoms with van der Waals surface area (Å²) in [5, 5.41) is 4.77. The Balaban J connectivity index is 1.88. The van der Waals surface area contributed by atoms with Gasteiger partial charge in [0, 0.05) is 13.1 Å². The summed E-state index contributed by atoms with van der Waals surface area (Å²) in [7, 11) is -3.68. The number of thiophene rings is 1. The third-order valence-corrected chi connectivity index (χ3v) is 7.77. The van der Waals surface area contributed by atoms with Gasteiger partial charge in [-0.2, -0.15) is 4.31 Å². The van der Waals surface area contributed by atoms with Crippen LogP contribution >= 0.6 is 34.5 Å². The van der Waals surface area contributed by atoms with Crippen LogP contribution in [0.1, 0.15) is 28.9 Å². The molecular weight excluding hydrogens is 403 g/mol. The zero-order valence-corrected chi connectivity index (χ0v) is 16.3. The van der Waals surface area contributed by atoms with Crippen molar-refractivity contribution >= 4 is 56.2 Å². The minimum absolute atomic E-state index is 0.0371. The number of anilines is 1. The van der Waals surface area contributed by atoms with Gasteiger partial charge >= 0.3 is 0 Å². The molecule has 1 N–H and O–H groups in total. The van der Waals surface area contributed by atoms with Crippen molar-refractivity contribution in [2.75, 3.05) is 18.4 Å². The molecule has 0 atom stereocenters. The normalized spacial score (nSPS) is 15.9. The number of benzene rings is 1. The molecule has 1 aliphatic heterocycles. The second-order valence-electron chi connectivity index (χ2n) is 5.63. The van der Waals surface area contributed by atoms with Crippen molar-refractivity contribution < 1.29 is 13.2 Å². The zero-order valence-electron chi connectivity index (χ0n) is 13.2. The molecule has 1 saturated heterocycles. The van der Waals surface area contributed by atoms with Gasteiger partial charge in [0.15, 0.2) is 0 Å². The molecular formula is C16H16Cl2N2O3S2. The first-order valence-corrected chi connectivity index (χ1v) is 10.8. The zero-order chi connectivity index (χ0) is 18.0. The molecule has 3 rings (SSSR count). The molecule has 1 aromatic carbocycles. The molecule has 0 unspecified atom stereocenters. The number of hydrogen-bond donors (Lipinski definition) is 1. The highest BCUT2D eigenvalue weighted by Crippen LogP contribution is 2.32. The average Bonchev–Trinajstić information content (AvgIpc) is 3.10. The van der Waals surface area contributed by atoms with Crippen molar-refractivity contribution in [2.24, 2.45) is 0 Å². The minimum Gasteiger partial charge on any atom is -0.320 e. The second-order valence-corrected chi connectivity index (χ2v) is 9.24. The van der Waals surface area contributed by atoms with Crippen molar-refractivity contribution in [3.8, 4) is 0 Å². The van der Waals surface area contributed by atoms with Crippen LogP contribution in [0.4, 0.5) is 5.69 Å². The Hall–Kier alpha value is -1.12. The maximum absolute atomic E-state index is 12.9. The summed E-state index contributed by atoms with van der Waals surface area (Å²) >= 11 is 13.1. The lowest BCUT2D eigenvalue weighted by molar-refractivity contribution is 0.102. The molecule has 2 aromatic rings. The largest absolute Gasteiger partial charge is 0.320 e. The molecule has 0 aliphatic carbocycles. The van der Waals surface area contributed by atoms with Crippen LogP contribution in [0.3, 0.4) is 0 Å².